The van der Waals surface area contributed by atoms with Gasteiger partial charge in [0, 0.05) is 29.1 Å². The molecule has 6 rings (SSSR count). The number of halogens is 3. The van der Waals surface area contributed by atoms with Crippen LogP contribution in [0, 0.1) is 5.82 Å². The van der Waals surface area contributed by atoms with E-state index in [1.54, 1.807) is 36.4 Å². The van der Waals surface area contributed by atoms with Crippen LogP contribution in [-0.2, 0) is 11.3 Å². The molecule has 2 unspecified atom stereocenters. The van der Waals surface area contributed by atoms with Crippen molar-refractivity contribution in [3.63, 3.8) is 0 Å². The van der Waals surface area contributed by atoms with Gasteiger partial charge in [-0.3, -0.25) is 0 Å². The SMILES string of the molecule is O=C(Nc1ccccc1F)N1C2CC[C@H]1CC(OCc1c(-c3c(Cl)cccc3Cl)noc1C1CC1)C2. The zero-order valence-electron chi connectivity index (χ0n) is 19.6. The predicted octanol–water partition coefficient (Wildman–Crippen LogP) is 7.41. The second-order valence-electron chi connectivity index (χ2n) is 9.85. The third-order valence-electron chi connectivity index (χ3n) is 7.47. The normalized spacial score (nSPS) is 23.2. The number of amides is 2. The van der Waals surface area contributed by atoms with Crippen LogP contribution in [0.2, 0.25) is 10.0 Å². The number of urea groups is 1. The molecule has 36 heavy (non-hydrogen) atoms. The fourth-order valence-corrected chi connectivity index (χ4v) is 6.16. The molecule has 3 aromatic rings. The van der Waals surface area contributed by atoms with E-state index in [4.69, 9.17) is 32.5 Å². The number of hydrogen-bond acceptors (Lipinski definition) is 4. The Bertz CT molecular complexity index is 1260. The maximum absolute atomic E-state index is 14.0. The van der Waals surface area contributed by atoms with Crippen LogP contribution < -0.4 is 5.32 Å². The molecule has 2 amide bonds. The van der Waals surface area contributed by atoms with E-state index in [1.807, 2.05) is 4.90 Å². The first kappa shape index (κ1) is 23.8. The Morgan fingerprint density at radius 1 is 1.06 bits per heavy atom. The molecule has 1 aromatic heterocycles. The van der Waals surface area contributed by atoms with Gasteiger partial charge in [-0.1, -0.05) is 46.6 Å². The van der Waals surface area contributed by atoms with Crippen LogP contribution in [0.25, 0.3) is 11.3 Å². The van der Waals surface area contributed by atoms with E-state index < -0.39 is 5.82 Å². The van der Waals surface area contributed by atoms with Gasteiger partial charge in [-0.15, -0.1) is 0 Å². The summed E-state index contributed by atoms with van der Waals surface area (Å²) in [6.07, 6.45) is 5.42. The number of hydrogen-bond donors (Lipinski definition) is 1. The number of nitrogens with zero attached hydrogens (tertiary/aromatic N) is 2. The number of carbonyl (C=O) groups is 1. The van der Waals surface area contributed by atoms with Gasteiger partial charge < -0.3 is 19.5 Å². The molecule has 3 aliphatic rings. The Kier molecular flexibility index (Phi) is 6.40. The number of carbonyl (C=O) groups excluding carboxylic acids is 1. The number of para-hydroxylation sites is 1. The summed E-state index contributed by atoms with van der Waals surface area (Å²) in [6, 6.07) is 11.5. The van der Waals surface area contributed by atoms with Gasteiger partial charge in [0.2, 0.25) is 0 Å². The topological polar surface area (TPSA) is 67.6 Å². The molecule has 2 aromatic carbocycles. The van der Waals surface area contributed by atoms with Crippen LogP contribution in [0.1, 0.15) is 55.8 Å². The number of aromatic nitrogens is 1. The predicted molar refractivity (Wildman–Crippen MR) is 136 cm³/mol. The number of piperidine rings is 1. The van der Waals surface area contributed by atoms with Crippen molar-refractivity contribution in [2.75, 3.05) is 5.32 Å². The smallest absolute Gasteiger partial charge is 0.322 e. The maximum atomic E-state index is 14.0. The minimum atomic E-state index is -0.439. The summed E-state index contributed by atoms with van der Waals surface area (Å²) in [7, 11) is 0. The fourth-order valence-electron chi connectivity index (χ4n) is 5.59. The van der Waals surface area contributed by atoms with E-state index in [0.717, 1.165) is 49.8 Å². The van der Waals surface area contributed by atoms with Gasteiger partial charge in [0.05, 0.1) is 28.4 Å². The highest BCUT2D eigenvalue weighted by molar-refractivity contribution is 6.39. The maximum Gasteiger partial charge on any atom is 0.322 e. The van der Waals surface area contributed by atoms with E-state index in [9.17, 15) is 9.18 Å². The Morgan fingerprint density at radius 2 is 1.75 bits per heavy atom. The molecule has 6 nitrogen and oxygen atoms in total. The lowest BCUT2D eigenvalue weighted by atomic mass is 9.99. The zero-order chi connectivity index (χ0) is 24.8. The van der Waals surface area contributed by atoms with E-state index >= 15 is 0 Å². The average Bonchev–Trinajstić information content (AvgIpc) is 3.56. The van der Waals surface area contributed by atoms with Crippen molar-refractivity contribution in [2.45, 2.75) is 69.2 Å². The number of benzene rings is 2. The number of rotatable bonds is 6. The summed E-state index contributed by atoms with van der Waals surface area (Å²) in [4.78, 5) is 14.9. The van der Waals surface area contributed by atoms with Gasteiger partial charge in [-0.25, -0.2) is 9.18 Å². The molecule has 3 heterocycles. The molecule has 1 aliphatic carbocycles. The summed E-state index contributed by atoms with van der Waals surface area (Å²) < 4.78 is 26.2. The number of nitrogens with one attached hydrogen (secondary N) is 1. The van der Waals surface area contributed by atoms with Crippen LogP contribution >= 0.6 is 23.2 Å². The van der Waals surface area contributed by atoms with Crippen LogP contribution in [0.4, 0.5) is 14.9 Å². The van der Waals surface area contributed by atoms with E-state index in [1.165, 1.54) is 6.07 Å². The molecule has 1 saturated carbocycles. The van der Waals surface area contributed by atoms with E-state index in [2.05, 4.69) is 10.5 Å². The first-order valence-electron chi connectivity index (χ1n) is 12.4. The van der Waals surface area contributed by atoms with Crippen LogP contribution in [0.5, 0.6) is 0 Å². The first-order chi connectivity index (χ1) is 17.5. The molecule has 2 bridgehead atoms. The lowest BCUT2D eigenvalue weighted by Gasteiger charge is -2.38. The first-order valence-corrected chi connectivity index (χ1v) is 13.1. The third kappa shape index (κ3) is 4.49. The van der Waals surface area contributed by atoms with Crippen molar-refractivity contribution < 1.29 is 18.4 Å². The Balaban J connectivity index is 1.16. The van der Waals surface area contributed by atoms with Gasteiger partial charge in [0.15, 0.2) is 0 Å². The monoisotopic (exact) mass is 529 g/mol. The molecule has 2 saturated heterocycles. The summed E-state index contributed by atoms with van der Waals surface area (Å²) in [5, 5.41) is 8.12. The summed E-state index contributed by atoms with van der Waals surface area (Å²) >= 11 is 13.0. The Labute approximate surface area is 218 Å². The molecular weight excluding hydrogens is 504 g/mol. The van der Waals surface area contributed by atoms with Crippen molar-refractivity contribution in [1.29, 1.82) is 0 Å². The lowest BCUT2D eigenvalue weighted by Crippen LogP contribution is -2.50. The minimum absolute atomic E-state index is 0.00321. The molecule has 2 aliphatic heterocycles. The molecule has 0 spiro atoms. The molecule has 3 atom stereocenters. The minimum Gasteiger partial charge on any atom is -0.373 e. The number of fused-ring (bicyclic) bond motifs is 2. The molecule has 3 fully saturated rings. The van der Waals surface area contributed by atoms with E-state index in [0.29, 0.717) is 33.8 Å². The lowest BCUT2D eigenvalue weighted by molar-refractivity contribution is -0.0158. The molecular formula is C27H26Cl2FN3O3. The highest BCUT2D eigenvalue weighted by Crippen LogP contribution is 2.46. The second kappa shape index (κ2) is 9.69. The quantitative estimate of drug-likeness (QED) is 0.361. The highest BCUT2D eigenvalue weighted by Gasteiger charge is 2.44. The van der Waals surface area contributed by atoms with Crippen molar-refractivity contribution in [1.82, 2.24) is 10.1 Å². The summed E-state index contributed by atoms with van der Waals surface area (Å²) in [5.74, 6) is 0.767. The van der Waals surface area contributed by atoms with Crippen LogP contribution in [0.15, 0.2) is 47.0 Å². The standard InChI is InChI=1S/C27H26Cl2FN3O3/c28-20-4-3-5-21(29)24(20)25-19(26(36-32-25)15-8-9-15)14-35-18-12-16-10-11-17(13-18)33(16)27(34)31-23-7-2-1-6-22(23)30/h1-7,15-18H,8-14H2,(H,31,34)/t16-,17?,18?/m0/s1. The molecule has 0 radical (unpaired) electrons. The third-order valence-corrected chi connectivity index (χ3v) is 8.10. The van der Waals surface area contributed by atoms with Crippen LogP contribution in [-0.4, -0.2) is 34.3 Å². The van der Waals surface area contributed by atoms with Gasteiger partial charge in [-0.05, 0) is 62.8 Å². The van der Waals surface area contributed by atoms with Gasteiger partial charge >= 0.3 is 6.03 Å². The van der Waals surface area contributed by atoms with Gasteiger partial charge in [-0.2, -0.15) is 0 Å². The second-order valence-corrected chi connectivity index (χ2v) is 10.7. The largest absolute Gasteiger partial charge is 0.373 e. The Hall–Kier alpha value is -2.61. The number of anilines is 1. The summed E-state index contributed by atoms with van der Waals surface area (Å²) in [5.41, 5.74) is 2.40. The summed E-state index contributed by atoms with van der Waals surface area (Å²) in [6.45, 7) is 0.345. The van der Waals surface area contributed by atoms with Crippen molar-refractivity contribution >= 4 is 34.9 Å². The van der Waals surface area contributed by atoms with Crippen LogP contribution in [0.3, 0.4) is 0 Å². The highest BCUT2D eigenvalue weighted by atomic mass is 35.5. The molecule has 1 N–H and O–H groups in total. The van der Waals surface area contributed by atoms with Gasteiger partial charge in [0.1, 0.15) is 17.3 Å². The number of ether oxygens (including phenoxy) is 1. The van der Waals surface area contributed by atoms with Crippen molar-refractivity contribution in [3.8, 4) is 11.3 Å². The van der Waals surface area contributed by atoms with Gasteiger partial charge in [0.25, 0.3) is 0 Å². The fraction of sp³-hybridized carbons (Fsp3) is 0.407. The molecule has 188 valence electrons. The van der Waals surface area contributed by atoms with Crippen molar-refractivity contribution in [3.05, 3.63) is 69.7 Å². The molecule has 9 heteroatoms. The average molecular weight is 530 g/mol. The zero-order valence-corrected chi connectivity index (χ0v) is 21.1. The van der Waals surface area contributed by atoms with Crippen molar-refractivity contribution in [2.24, 2.45) is 0 Å². The van der Waals surface area contributed by atoms with E-state index in [-0.39, 0.29) is 29.9 Å². The Morgan fingerprint density at radius 3 is 2.42 bits per heavy atom.